The Labute approximate surface area is 147 Å². The van der Waals surface area contributed by atoms with Crippen LogP contribution in [0.15, 0.2) is 30.5 Å². The van der Waals surface area contributed by atoms with Crippen LogP contribution in [0.1, 0.15) is 29.6 Å². The van der Waals surface area contributed by atoms with Gasteiger partial charge in [0, 0.05) is 43.6 Å². The molecule has 25 heavy (non-hydrogen) atoms. The molecular weight excluding hydrogens is 316 g/mol. The molecule has 132 valence electrons. The number of carbonyl (C=O) groups excluding carboxylic acids is 1. The third-order valence-corrected chi connectivity index (χ3v) is 5.03. The average Bonchev–Trinajstić information content (AvgIpc) is 3.26. The molecule has 6 heteroatoms. The van der Waals surface area contributed by atoms with E-state index in [0.717, 1.165) is 31.0 Å². The highest BCUT2D eigenvalue weighted by molar-refractivity contribution is 5.77. The Morgan fingerprint density at radius 3 is 3.08 bits per heavy atom. The van der Waals surface area contributed by atoms with Gasteiger partial charge in [-0.2, -0.15) is 0 Å². The molecule has 1 amide bonds. The molecule has 1 saturated heterocycles. The second kappa shape index (κ2) is 6.88. The highest BCUT2D eigenvalue weighted by Gasteiger charge is 2.27. The number of aryl methyl sites for hydroxylation is 1. The van der Waals surface area contributed by atoms with Crippen molar-refractivity contribution in [2.75, 3.05) is 37.7 Å². The zero-order valence-corrected chi connectivity index (χ0v) is 14.6. The van der Waals surface area contributed by atoms with Crippen LogP contribution in [0.4, 0.5) is 5.69 Å². The van der Waals surface area contributed by atoms with Crippen molar-refractivity contribution in [1.82, 2.24) is 14.9 Å². The number of hydrogen-bond donors (Lipinski definition) is 1. The molecule has 4 rings (SSSR count). The van der Waals surface area contributed by atoms with Crippen molar-refractivity contribution in [3.8, 4) is 0 Å². The van der Waals surface area contributed by atoms with Gasteiger partial charge >= 0.3 is 0 Å². The lowest BCUT2D eigenvalue weighted by Gasteiger charge is -2.32. The fourth-order valence-electron chi connectivity index (χ4n) is 3.67. The number of H-pyrrole nitrogens is 1. The molecule has 1 aromatic heterocycles. The first kappa shape index (κ1) is 16.1. The molecule has 3 heterocycles. The van der Waals surface area contributed by atoms with Crippen LogP contribution in [0.3, 0.4) is 0 Å². The van der Waals surface area contributed by atoms with Gasteiger partial charge in [-0.3, -0.25) is 4.79 Å². The number of para-hydroxylation sites is 1. The fraction of sp³-hybridized carbons (Fsp3) is 0.474. The van der Waals surface area contributed by atoms with Crippen molar-refractivity contribution in [2.45, 2.75) is 25.9 Å². The minimum atomic E-state index is -0.154. The van der Waals surface area contributed by atoms with Gasteiger partial charge < -0.3 is 19.5 Å². The van der Waals surface area contributed by atoms with Crippen molar-refractivity contribution < 1.29 is 9.53 Å². The first-order chi connectivity index (χ1) is 12.2. The molecule has 1 N–H and O–H groups in total. The maximum atomic E-state index is 12.7. The number of anilines is 1. The van der Waals surface area contributed by atoms with E-state index in [-0.39, 0.29) is 12.0 Å². The zero-order chi connectivity index (χ0) is 17.2. The van der Waals surface area contributed by atoms with Crippen LogP contribution in [0.2, 0.25) is 0 Å². The number of aromatic nitrogens is 2. The summed E-state index contributed by atoms with van der Waals surface area (Å²) < 4.78 is 5.78. The van der Waals surface area contributed by atoms with Crippen molar-refractivity contribution in [2.24, 2.45) is 0 Å². The molecule has 0 saturated carbocycles. The number of rotatable bonds is 4. The van der Waals surface area contributed by atoms with Crippen LogP contribution in [0, 0.1) is 6.92 Å². The Balaban J connectivity index is 1.34. The minimum Gasteiger partial charge on any atom is -0.370 e. The number of amides is 1. The molecule has 2 aliphatic rings. The molecule has 0 spiro atoms. The maximum absolute atomic E-state index is 12.7. The first-order valence-corrected chi connectivity index (χ1v) is 8.94. The minimum absolute atomic E-state index is 0.154. The van der Waals surface area contributed by atoms with Gasteiger partial charge in [-0.25, -0.2) is 4.98 Å². The predicted molar refractivity (Wildman–Crippen MR) is 95.6 cm³/mol. The third kappa shape index (κ3) is 3.39. The normalized spacial score (nSPS) is 20.0. The lowest BCUT2D eigenvalue weighted by molar-refractivity contribution is -0.139. The van der Waals surface area contributed by atoms with Gasteiger partial charge in [-0.15, -0.1) is 0 Å². The number of ether oxygens (including phenoxy) is 1. The largest absolute Gasteiger partial charge is 0.370 e. The van der Waals surface area contributed by atoms with E-state index in [0.29, 0.717) is 26.1 Å². The summed E-state index contributed by atoms with van der Waals surface area (Å²) in [6, 6.07) is 8.47. The quantitative estimate of drug-likeness (QED) is 0.926. The van der Waals surface area contributed by atoms with Crippen LogP contribution < -0.4 is 4.90 Å². The molecule has 0 radical (unpaired) electrons. The van der Waals surface area contributed by atoms with Gasteiger partial charge in [-0.1, -0.05) is 18.2 Å². The van der Waals surface area contributed by atoms with E-state index in [4.69, 9.17) is 4.74 Å². The SMILES string of the molecule is Cc1cnc(C2CN(C(=O)CCN3CCc4ccccc43)CCO2)[nH]1. The topological polar surface area (TPSA) is 61.5 Å². The first-order valence-electron chi connectivity index (χ1n) is 8.94. The van der Waals surface area contributed by atoms with Gasteiger partial charge in [0.1, 0.15) is 11.9 Å². The number of morpholine rings is 1. The van der Waals surface area contributed by atoms with Crippen molar-refractivity contribution in [3.63, 3.8) is 0 Å². The number of fused-ring (bicyclic) bond motifs is 1. The fourth-order valence-corrected chi connectivity index (χ4v) is 3.67. The summed E-state index contributed by atoms with van der Waals surface area (Å²) in [6.07, 6.45) is 3.25. The van der Waals surface area contributed by atoms with E-state index in [1.807, 2.05) is 11.8 Å². The number of nitrogens with zero attached hydrogens (tertiary/aromatic N) is 3. The van der Waals surface area contributed by atoms with Gasteiger partial charge in [0.2, 0.25) is 5.91 Å². The van der Waals surface area contributed by atoms with E-state index in [2.05, 4.69) is 39.1 Å². The molecular formula is C19H24N4O2. The lowest BCUT2D eigenvalue weighted by Crippen LogP contribution is -2.43. The maximum Gasteiger partial charge on any atom is 0.224 e. The van der Waals surface area contributed by atoms with Gasteiger partial charge in [0.15, 0.2) is 0 Å². The summed E-state index contributed by atoms with van der Waals surface area (Å²) >= 11 is 0. The summed E-state index contributed by atoms with van der Waals surface area (Å²) in [4.78, 5) is 24.4. The van der Waals surface area contributed by atoms with Crippen LogP contribution >= 0.6 is 0 Å². The van der Waals surface area contributed by atoms with E-state index in [1.54, 1.807) is 6.20 Å². The number of hydrogen-bond acceptors (Lipinski definition) is 4. The number of aromatic amines is 1. The van der Waals surface area contributed by atoms with E-state index in [1.165, 1.54) is 11.3 Å². The average molecular weight is 340 g/mol. The van der Waals surface area contributed by atoms with Crippen LogP contribution in [-0.4, -0.2) is 53.6 Å². The summed E-state index contributed by atoms with van der Waals surface area (Å²) in [6.45, 7) is 5.54. The van der Waals surface area contributed by atoms with Crippen LogP contribution in [-0.2, 0) is 16.0 Å². The van der Waals surface area contributed by atoms with E-state index in [9.17, 15) is 4.79 Å². The number of benzene rings is 1. The van der Waals surface area contributed by atoms with Gasteiger partial charge in [0.05, 0.1) is 13.2 Å². The van der Waals surface area contributed by atoms with Crippen molar-refractivity contribution in [1.29, 1.82) is 0 Å². The number of imidazole rings is 1. The monoisotopic (exact) mass is 340 g/mol. The predicted octanol–water partition coefficient (Wildman–Crippen LogP) is 2.07. The number of nitrogens with one attached hydrogen (secondary N) is 1. The third-order valence-electron chi connectivity index (χ3n) is 5.03. The van der Waals surface area contributed by atoms with Crippen molar-refractivity contribution >= 4 is 11.6 Å². The Bertz CT molecular complexity index is 757. The van der Waals surface area contributed by atoms with Gasteiger partial charge in [-0.05, 0) is 25.0 Å². The molecule has 1 atom stereocenters. The lowest BCUT2D eigenvalue weighted by atomic mass is 10.2. The molecule has 6 nitrogen and oxygen atoms in total. The van der Waals surface area contributed by atoms with Crippen LogP contribution in [0.5, 0.6) is 0 Å². The molecule has 1 fully saturated rings. The van der Waals surface area contributed by atoms with Crippen molar-refractivity contribution in [3.05, 3.63) is 47.5 Å². The van der Waals surface area contributed by atoms with E-state index >= 15 is 0 Å². The summed E-state index contributed by atoms with van der Waals surface area (Å²) in [7, 11) is 0. The second-order valence-electron chi connectivity index (χ2n) is 6.77. The molecule has 0 bridgehead atoms. The Hall–Kier alpha value is -2.34. The summed E-state index contributed by atoms with van der Waals surface area (Å²) in [5.74, 6) is 1.00. The molecule has 1 unspecified atom stereocenters. The smallest absolute Gasteiger partial charge is 0.224 e. The Kier molecular flexibility index (Phi) is 4.44. The Morgan fingerprint density at radius 1 is 1.36 bits per heavy atom. The molecule has 2 aromatic rings. The number of carbonyl (C=O) groups is 1. The molecule has 2 aliphatic heterocycles. The standard InChI is InChI=1S/C19H24N4O2/c1-14-12-20-19(21-14)17-13-23(10-11-25-17)18(24)7-9-22-8-6-15-4-2-3-5-16(15)22/h2-5,12,17H,6-11,13H2,1H3,(H,20,21). The van der Waals surface area contributed by atoms with E-state index < -0.39 is 0 Å². The van der Waals surface area contributed by atoms with Gasteiger partial charge in [0.25, 0.3) is 0 Å². The van der Waals surface area contributed by atoms with Crippen LogP contribution in [0.25, 0.3) is 0 Å². The molecule has 1 aromatic carbocycles. The highest BCUT2D eigenvalue weighted by atomic mass is 16.5. The summed E-state index contributed by atoms with van der Waals surface area (Å²) in [5.41, 5.74) is 3.67. The Morgan fingerprint density at radius 2 is 2.24 bits per heavy atom. The highest BCUT2D eigenvalue weighted by Crippen LogP contribution is 2.27. The zero-order valence-electron chi connectivity index (χ0n) is 14.6. The molecule has 0 aliphatic carbocycles. The second-order valence-corrected chi connectivity index (χ2v) is 6.77. The summed E-state index contributed by atoms with van der Waals surface area (Å²) in [5, 5.41) is 0.